The fraction of sp³-hybridized carbons (Fsp3) is 0.545. The molecule has 2 N–H and O–H groups in total. The second kappa shape index (κ2) is 10.5. The molecule has 170 valence electrons. The first-order valence-electron chi connectivity index (χ1n) is 10.6. The lowest BCUT2D eigenvalue weighted by Crippen LogP contribution is -2.47. The van der Waals surface area contributed by atoms with Crippen LogP contribution in [0.15, 0.2) is 45.5 Å². The lowest BCUT2D eigenvalue weighted by molar-refractivity contribution is -0.116. The predicted octanol–water partition coefficient (Wildman–Crippen LogP) is 1.03. The van der Waals surface area contributed by atoms with E-state index in [-0.39, 0.29) is 41.0 Å². The first kappa shape index (κ1) is 23.6. The molecule has 31 heavy (non-hydrogen) atoms. The standard InChI is InChI=1S/C22H31N3O5S/c1-31(29,30)19-4-2-17(3-5-19)18-14-21(27)20(22(28)15-18)16-23-6-7-24-8-10-25(11-9-24)12-13-26/h2-5,16,18,26-27H,6-15H2,1H3. The molecule has 9 heteroatoms. The maximum absolute atomic E-state index is 12.6. The molecule has 1 fully saturated rings. The summed E-state index contributed by atoms with van der Waals surface area (Å²) in [5, 5.41) is 19.4. The van der Waals surface area contributed by atoms with Gasteiger partial charge in [0.1, 0.15) is 5.76 Å². The van der Waals surface area contributed by atoms with Crippen molar-refractivity contribution in [2.75, 3.05) is 58.7 Å². The van der Waals surface area contributed by atoms with Crippen molar-refractivity contribution in [3.05, 3.63) is 41.2 Å². The highest BCUT2D eigenvalue weighted by molar-refractivity contribution is 7.90. The number of aliphatic hydroxyl groups is 2. The second-order valence-corrected chi connectivity index (χ2v) is 10.2. The van der Waals surface area contributed by atoms with Crippen molar-refractivity contribution >= 4 is 21.8 Å². The van der Waals surface area contributed by atoms with Crippen LogP contribution in [0.2, 0.25) is 0 Å². The van der Waals surface area contributed by atoms with Gasteiger partial charge in [0.05, 0.1) is 23.6 Å². The minimum atomic E-state index is -3.27. The van der Waals surface area contributed by atoms with Crippen LogP contribution in [0.4, 0.5) is 0 Å². The van der Waals surface area contributed by atoms with Gasteiger partial charge in [0.2, 0.25) is 0 Å². The molecule has 1 saturated heterocycles. The van der Waals surface area contributed by atoms with E-state index in [1.807, 2.05) is 0 Å². The molecule has 0 saturated carbocycles. The van der Waals surface area contributed by atoms with E-state index in [0.717, 1.165) is 44.5 Å². The molecule has 2 aliphatic rings. The molecule has 0 amide bonds. The van der Waals surface area contributed by atoms with Crippen LogP contribution in [0.1, 0.15) is 24.3 Å². The number of sulfone groups is 1. The molecule has 1 aliphatic heterocycles. The highest BCUT2D eigenvalue weighted by atomic mass is 32.2. The van der Waals surface area contributed by atoms with Crippen molar-refractivity contribution in [1.29, 1.82) is 0 Å². The highest BCUT2D eigenvalue weighted by Gasteiger charge is 2.28. The molecule has 1 aromatic rings. The van der Waals surface area contributed by atoms with Gasteiger partial charge in [-0.15, -0.1) is 0 Å². The van der Waals surface area contributed by atoms with E-state index in [1.165, 1.54) is 18.3 Å². The Hall–Kier alpha value is -2.07. The molecule has 0 spiro atoms. The summed E-state index contributed by atoms with van der Waals surface area (Å²) in [6, 6.07) is 6.50. The smallest absolute Gasteiger partial charge is 0.175 e. The highest BCUT2D eigenvalue weighted by Crippen LogP contribution is 2.33. The number of β-amino-alcohol motifs (C(OH)–C–C–N with tert-alkyl or cyclic N) is 1. The quantitative estimate of drug-likeness (QED) is 0.570. The van der Waals surface area contributed by atoms with E-state index in [9.17, 15) is 18.3 Å². The number of piperazine rings is 1. The first-order valence-corrected chi connectivity index (χ1v) is 12.5. The number of nitrogens with zero attached hydrogens (tertiary/aromatic N) is 3. The lowest BCUT2D eigenvalue weighted by atomic mass is 9.83. The van der Waals surface area contributed by atoms with Crippen molar-refractivity contribution in [2.45, 2.75) is 23.7 Å². The van der Waals surface area contributed by atoms with Gasteiger partial charge in [-0.3, -0.25) is 19.6 Å². The van der Waals surface area contributed by atoms with Crippen LogP contribution in [-0.4, -0.2) is 99.1 Å². The van der Waals surface area contributed by atoms with Gasteiger partial charge in [-0.25, -0.2) is 8.42 Å². The number of allylic oxidation sites excluding steroid dienone is 2. The minimum absolute atomic E-state index is 0.0369. The number of Topliss-reactive ketones (excluding diaryl/α,β-unsaturated/α-hetero) is 1. The van der Waals surface area contributed by atoms with Gasteiger partial charge >= 0.3 is 0 Å². The van der Waals surface area contributed by atoms with E-state index in [4.69, 9.17) is 5.11 Å². The summed E-state index contributed by atoms with van der Waals surface area (Å²) >= 11 is 0. The molecule has 1 heterocycles. The van der Waals surface area contributed by atoms with Gasteiger partial charge in [-0.2, -0.15) is 0 Å². The summed E-state index contributed by atoms with van der Waals surface area (Å²) in [7, 11) is -3.27. The SMILES string of the molecule is CS(=O)(=O)c1ccc(C2CC(=O)C(C=NCCN3CCN(CCO)CC3)=C(O)C2)cc1. The Kier molecular flexibility index (Phi) is 7.99. The molecule has 0 aromatic heterocycles. The molecule has 8 nitrogen and oxygen atoms in total. The third kappa shape index (κ3) is 6.46. The summed E-state index contributed by atoms with van der Waals surface area (Å²) in [6.45, 7) is 5.97. The second-order valence-electron chi connectivity index (χ2n) is 8.17. The first-order chi connectivity index (χ1) is 14.8. The Morgan fingerprint density at radius 2 is 1.68 bits per heavy atom. The number of carbonyl (C=O) groups excluding carboxylic acids is 1. The molecule has 0 radical (unpaired) electrons. The van der Waals surface area contributed by atoms with E-state index in [2.05, 4.69) is 14.8 Å². The van der Waals surface area contributed by atoms with Crippen LogP contribution >= 0.6 is 0 Å². The van der Waals surface area contributed by atoms with Gasteiger partial charge in [-0.1, -0.05) is 12.1 Å². The number of hydrogen-bond acceptors (Lipinski definition) is 8. The summed E-state index contributed by atoms with van der Waals surface area (Å²) < 4.78 is 23.2. The zero-order valence-electron chi connectivity index (χ0n) is 17.9. The number of carbonyl (C=O) groups is 1. The summed E-state index contributed by atoms with van der Waals surface area (Å²) in [4.78, 5) is 21.7. The van der Waals surface area contributed by atoms with Crippen LogP contribution in [0.25, 0.3) is 0 Å². The van der Waals surface area contributed by atoms with E-state index in [1.54, 1.807) is 12.1 Å². The van der Waals surface area contributed by atoms with Crippen LogP contribution in [0.3, 0.4) is 0 Å². The zero-order chi connectivity index (χ0) is 22.4. The largest absolute Gasteiger partial charge is 0.511 e. The fourth-order valence-corrected chi connectivity index (χ4v) is 4.64. The predicted molar refractivity (Wildman–Crippen MR) is 120 cm³/mol. The summed E-state index contributed by atoms with van der Waals surface area (Å²) in [5.41, 5.74) is 1.11. The zero-order valence-corrected chi connectivity index (χ0v) is 18.7. The van der Waals surface area contributed by atoms with Gasteiger partial charge < -0.3 is 10.2 Å². The van der Waals surface area contributed by atoms with Crippen molar-refractivity contribution in [3.8, 4) is 0 Å². The Labute approximate surface area is 183 Å². The van der Waals surface area contributed by atoms with Gasteiger partial charge in [0.15, 0.2) is 15.6 Å². The normalized spacial score (nSPS) is 21.9. The van der Waals surface area contributed by atoms with E-state index >= 15 is 0 Å². The van der Waals surface area contributed by atoms with Gasteiger partial charge in [0, 0.05) is 64.6 Å². The summed E-state index contributed by atoms with van der Waals surface area (Å²) in [6.07, 6.45) is 3.24. The Balaban J connectivity index is 1.53. The van der Waals surface area contributed by atoms with E-state index < -0.39 is 9.84 Å². The molecule has 3 rings (SSSR count). The van der Waals surface area contributed by atoms with Gasteiger partial charge in [-0.05, 0) is 23.6 Å². The third-order valence-electron chi connectivity index (χ3n) is 5.91. The number of aliphatic imine (C=N–C) groups is 1. The van der Waals surface area contributed by atoms with Gasteiger partial charge in [0.25, 0.3) is 0 Å². The van der Waals surface area contributed by atoms with E-state index in [0.29, 0.717) is 19.5 Å². The Morgan fingerprint density at radius 1 is 1.06 bits per heavy atom. The molecule has 0 bridgehead atoms. The van der Waals surface area contributed by atoms with Crippen molar-refractivity contribution in [1.82, 2.24) is 9.80 Å². The monoisotopic (exact) mass is 449 g/mol. The Morgan fingerprint density at radius 3 is 2.23 bits per heavy atom. The molecular weight excluding hydrogens is 418 g/mol. The molecule has 1 unspecified atom stereocenters. The maximum Gasteiger partial charge on any atom is 0.175 e. The van der Waals surface area contributed by atoms with Crippen LogP contribution in [0, 0.1) is 0 Å². The average Bonchev–Trinajstić information content (AvgIpc) is 2.73. The van der Waals surface area contributed by atoms with Crippen LogP contribution in [0.5, 0.6) is 0 Å². The molecular formula is C22H31N3O5S. The fourth-order valence-electron chi connectivity index (χ4n) is 4.01. The average molecular weight is 450 g/mol. The minimum Gasteiger partial charge on any atom is -0.511 e. The lowest BCUT2D eigenvalue weighted by Gasteiger charge is -2.33. The number of hydrogen-bond donors (Lipinski definition) is 2. The number of rotatable bonds is 8. The molecule has 1 aromatic carbocycles. The summed E-state index contributed by atoms with van der Waals surface area (Å²) in [5.74, 6) is -0.286. The maximum atomic E-state index is 12.6. The van der Waals surface area contributed by atoms with Crippen molar-refractivity contribution in [2.24, 2.45) is 4.99 Å². The van der Waals surface area contributed by atoms with Crippen LogP contribution < -0.4 is 0 Å². The topological polar surface area (TPSA) is 111 Å². The molecule has 1 aliphatic carbocycles. The third-order valence-corrected chi connectivity index (χ3v) is 7.04. The Bertz CT molecular complexity index is 932. The number of aliphatic hydroxyl groups excluding tert-OH is 2. The van der Waals surface area contributed by atoms with Crippen LogP contribution in [-0.2, 0) is 14.6 Å². The molecule has 1 atom stereocenters. The van der Waals surface area contributed by atoms with Crippen molar-refractivity contribution < 1.29 is 23.4 Å². The number of benzene rings is 1. The van der Waals surface area contributed by atoms with Crippen molar-refractivity contribution in [3.63, 3.8) is 0 Å². The number of ketones is 1.